The maximum Gasteiger partial charge on any atom is 0.375 e. The Kier molecular flexibility index (Phi) is 6.34. The van der Waals surface area contributed by atoms with Crippen LogP contribution in [0.2, 0.25) is 0 Å². The first-order chi connectivity index (χ1) is 16.6. The Bertz CT molecular complexity index is 1380. The second-order valence-electron chi connectivity index (χ2n) is 8.47. The van der Waals surface area contributed by atoms with Crippen LogP contribution in [0.25, 0.3) is 31.8 Å². The number of likely N-dealkylation sites (tertiary alicyclic amines) is 1. The highest BCUT2D eigenvalue weighted by Crippen LogP contribution is 2.35. The van der Waals surface area contributed by atoms with E-state index in [-0.39, 0.29) is 34.7 Å². The number of phenols is 1. The number of rotatable bonds is 5. The first-order valence-corrected chi connectivity index (χ1v) is 12.5. The van der Waals surface area contributed by atoms with Crippen LogP contribution in [0.4, 0.5) is 0 Å². The van der Waals surface area contributed by atoms with E-state index >= 15 is 0 Å². The molecule has 5 rings (SSSR count). The zero-order chi connectivity index (χ0) is 23.7. The number of ether oxygens (including phenoxy) is 1. The van der Waals surface area contributed by atoms with Crippen molar-refractivity contribution >= 4 is 38.5 Å². The van der Waals surface area contributed by atoms with Crippen LogP contribution in [0, 0.1) is 0 Å². The summed E-state index contributed by atoms with van der Waals surface area (Å²) in [5.74, 6) is -0.858. The molecular formula is C26H26N2O5S. The number of benzene rings is 2. The molecule has 1 aliphatic heterocycles. The Morgan fingerprint density at radius 3 is 2.65 bits per heavy atom. The number of para-hydroxylation sites is 1. The van der Waals surface area contributed by atoms with Gasteiger partial charge >= 0.3 is 5.97 Å². The van der Waals surface area contributed by atoms with Crippen molar-refractivity contribution in [2.45, 2.75) is 39.2 Å². The van der Waals surface area contributed by atoms with E-state index in [4.69, 9.17) is 9.15 Å². The minimum absolute atomic E-state index is 0.0439. The van der Waals surface area contributed by atoms with Gasteiger partial charge in [-0.15, -0.1) is 11.3 Å². The predicted octanol–water partition coefficient (Wildman–Crippen LogP) is 5.33. The second kappa shape index (κ2) is 9.56. The molecule has 0 amide bonds. The summed E-state index contributed by atoms with van der Waals surface area (Å²) in [6, 6.07) is 10.6. The highest BCUT2D eigenvalue weighted by molar-refractivity contribution is 7.21. The molecule has 4 aromatic rings. The Morgan fingerprint density at radius 1 is 1.15 bits per heavy atom. The minimum Gasteiger partial charge on any atom is -0.507 e. The van der Waals surface area contributed by atoms with Crippen LogP contribution in [0.15, 0.2) is 45.6 Å². The largest absolute Gasteiger partial charge is 0.507 e. The first-order valence-electron chi connectivity index (χ1n) is 11.6. The van der Waals surface area contributed by atoms with Crippen LogP contribution in [0.1, 0.15) is 48.7 Å². The molecule has 2 aromatic carbocycles. The van der Waals surface area contributed by atoms with Gasteiger partial charge in [-0.1, -0.05) is 25.0 Å². The van der Waals surface area contributed by atoms with E-state index in [2.05, 4.69) is 9.88 Å². The highest BCUT2D eigenvalue weighted by Gasteiger charge is 2.27. The summed E-state index contributed by atoms with van der Waals surface area (Å²) in [6.45, 7) is 4.10. The van der Waals surface area contributed by atoms with E-state index in [0.717, 1.165) is 36.1 Å². The summed E-state index contributed by atoms with van der Waals surface area (Å²) in [6.07, 6.45) is 4.55. The number of phenolic OH excluding ortho intramolecular Hbond substituents is 1. The third-order valence-electron chi connectivity index (χ3n) is 6.19. The predicted molar refractivity (Wildman–Crippen MR) is 132 cm³/mol. The number of hydrogen-bond donors (Lipinski definition) is 1. The number of carbonyl (C=O) groups excluding carboxylic acids is 1. The van der Waals surface area contributed by atoms with Crippen molar-refractivity contribution < 1.29 is 19.1 Å². The summed E-state index contributed by atoms with van der Waals surface area (Å²) in [7, 11) is 0. The Hall–Kier alpha value is -3.23. The fraction of sp³-hybridized carbons (Fsp3) is 0.346. The quantitative estimate of drug-likeness (QED) is 0.388. The van der Waals surface area contributed by atoms with E-state index in [9.17, 15) is 14.7 Å². The van der Waals surface area contributed by atoms with Gasteiger partial charge in [-0.3, -0.25) is 9.69 Å². The number of thiazole rings is 1. The second-order valence-corrected chi connectivity index (χ2v) is 9.50. The summed E-state index contributed by atoms with van der Waals surface area (Å²) in [5.41, 5.74) is 1.21. The van der Waals surface area contributed by atoms with E-state index in [1.807, 2.05) is 24.3 Å². The van der Waals surface area contributed by atoms with Crippen LogP contribution in [-0.2, 0) is 11.3 Å². The van der Waals surface area contributed by atoms with Crippen molar-refractivity contribution in [1.29, 1.82) is 0 Å². The lowest BCUT2D eigenvalue weighted by Crippen LogP contribution is -2.24. The van der Waals surface area contributed by atoms with Gasteiger partial charge in [0.05, 0.1) is 27.8 Å². The van der Waals surface area contributed by atoms with Crippen molar-refractivity contribution in [3.8, 4) is 16.3 Å². The minimum atomic E-state index is -0.722. The van der Waals surface area contributed by atoms with Gasteiger partial charge in [-0.05, 0) is 57.1 Å². The summed E-state index contributed by atoms with van der Waals surface area (Å²) >= 11 is 1.32. The molecule has 7 nitrogen and oxygen atoms in total. The van der Waals surface area contributed by atoms with Crippen molar-refractivity contribution in [2.24, 2.45) is 0 Å². The SMILES string of the molecule is CCOC(=O)c1oc2c(CN3CCCCCC3)c(O)ccc2c(=O)c1-c1nc2ccccc2s1. The Morgan fingerprint density at radius 2 is 1.91 bits per heavy atom. The van der Waals surface area contributed by atoms with Crippen LogP contribution < -0.4 is 5.43 Å². The fourth-order valence-electron chi connectivity index (χ4n) is 4.49. The van der Waals surface area contributed by atoms with Gasteiger partial charge in [0.2, 0.25) is 11.2 Å². The molecule has 0 aliphatic carbocycles. The van der Waals surface area contributed by atoms with Crippen LogP contribution in [-0.4, -0.2) is 40.7 Å². The third-order valence-corrected chi connectivity index (χ3v) is 7.24. The van der Waals surface area contributed by atoms with Gasteiger partial charge < -0.3 is 14.3 Å². The van der Waals surface area contributed by atoms with Gasteiger partial charge in [0.25, 0.3) is 0 Å². The molecule has 1 N–H and O–H groups in total. The molecule has 0 atom stereocenters. The maximum absolute atomic E-state index is 13.7. The van der Waals surface area contributed by atoms with Gasteiger partial charge in [-0.25, -0.2) is 9.78 Å². The average molecular weight is 479 g/mol. The standard InChI is InChI=1S/C26H26N2O5S/c1-2-32-26(31)24-21(25-27-18-9-5-6-10-20(18)34-25)22(30)16-11-12-19(29)17(23(16)33-24)15-28-13-7-3-4-8-14-28/h5-6,9-12,29H,2-4,7-8,13-15H2,1H3. The topological polar surface area (TPSA) is 92.9 Å². The molecule has 176 valence electrons. The molecule has 0 radical (unpaired) electrons. The summed E-state index contributed by atoms with van der Waals surface area (Å²) in [5, 5.41) is 11.4. The molecule has 0 spiro atoms. The zero-order valence-corrected chi connectivity index (χ0v) is 19.8. The monoisotopic (exact) mass is 478 g/mol. The molecule has 1 fully saturated rings. The molecule has 1 aliphatic rings. The molecule has 8 heteroatoms. The number of carbonyl (C=O) groups is 1. The number of esters is 1. The molecular weight excluding hydrogens is 452 g/mol. The van der Waals surface area contributed by atoms with Gasteiger partial charge in [0.15, 0.2) is 0 Å². The van der Waals surface area contributed by atoms with E-state index in [1.165, 1.54) is 30.2 Å². The lowest BCUT2D eigenvalue weighted by atomic mass is 10.1. The molecule has 34 heavy (non-hydrogen) atoms. The van der Waals surface area contributed by atoms with Crippen molar-refractivity contribution in [2.75, 3.05) is 19.7 Å². The highest BCUT2D eigenvalue weighted by atomic mass is 32.1. The normalized spacial score (nSPS) is 15.0. The molecule has 1 saturated heterocycles. The van der Waals surface area contributed by atoms with Crippen molar-refractivity contribution in [3.05, 3.63) is 57.9 Å². The molecule has 3 heterocycles. The number of hydrogen-bond acceptors (Lipinski definition) is 8. The first kappa shape index (κ1) is 22.6. The smallest absolute Gasteiger partial charge is 0.375 e. The lowest BCUT2D eigenvalue weighted by Gasteiger charge is -2.21. The maximum atomic E-state index is 13.7. The summed E-state index contributed by atoms with van der Waals surface area (Å²) in [4.78, 5) is 33.5. The van der Waals surface area contributed by atoms with Gasteiger partial charge in [-0.2, -0.15) is 0 Å². The van der Waals surface area contributed by atoms with Gasteiger partial charge in [0, 0.05) is 6.54 Å². The third kappa shape index (κ3) is 4.19. The number of fused-ring (bicyclic) bond motifs is 2. The van der Waals surface area contributed by atoms with Crippen LogP contribution in [0.5, 0.6) is 5.75 Å². The molecule has 0 bridgehead atoms. The molecule has 0 saturated carbocycles. The van der Waals surface area contributed by atoms with E-state index in [1.54, 1.807) is 13.0 Å². The van der Waals surface area contributed by atoms with Crippen LogP contribution >= 0.6 is 11.3 Å². The number of aromatic nitrogens is 1. The van der Waals surface area contributed by atoms with Gasteiger partial charge in [0.1, 0.15) is 21.9 Å². The molecule has 2 aromatic heterocycles. The summed E-state index contributed by atoms with van der Waals surface area (Å²) < 4.78 is 12.3. The average Bonchev–Trinajstić information content (AvgIpc) is 3.09. The zero-order valence-electron chi connectivity index (χ0n) is 19.0. The fourth-order valence-corrected chi connectivity index (χ4v) is 5.49. The van der Waals surface area contributed by atoms with E-state index in [0.29, 0.717) is 22.5 Å². The Labute approximate surface area is 200 Å². The van der Waals surface area contributed by atoms with Crippen molar-refractivity contribution in [3.63, 3.8) is 0 Å². The number of aromatic hydroxyl groups is 1. The molecule has 0 unspecified atom stereocenters. The van der Waals surface area contributed by atoms with Crippen LogP contribution in [0.3, 0.4) is 0 Å². The number of nitrogens with zero attached hydrogens (tertiary/aromatic N) is 2. The lowest BCUT2D eigenvalue weighted by molar-refractivity contribution is 0.0492. The van der Waals surface area contributed by atoms with E-state index < -0.39 is 5.97 Å². The van der Waals surface area contributed by atoms with Crippen molar-refractivity contribution in [1.82, 2.24) is 9.88 Å². The Balaban J connectivity index is 1.72.